The zero-order valence-electron chi connectivity index (χ0n) is 4.78. The predicted molar refractivity (Wildman–Crippen MR) is 30.8 cm³/mol. The van der Waals surface area contributed by atoms with E-state index in [1.165, 1.54) is 19.3 Å². The van der Waals surface area contributed by atoms with E-state index in [1.807, 2.05) is 0 Å². The fourth-order valence-electron chi connectivity index (χ4n) is 0.894. The van der Waals surface area contributed by atoms with Crippen LogP contribution in [-0.4, -0.2) is 0 Å². The molecule has 0 saturated carbocycles. The Morgan fingerprint density at radius 1 is 1.86 bits per heavy atom. The quantitative estimate of drug-likeness (QED) is 0.438. The van der Waals surface area contributed by atoms with E-state index in [-0.39, 0.29) is 0 Å². The Morgan fingerprint density at radius 2 is 2.71 bits per heavy atom. The normalized spacial score (nSPS) is 27.9. The van der Waals surface area contributed by atoms with Gasteiger partial charge in [-0.15, -0.1) is 0 Å². The van der Waals surface area contributed by atoms with Gasteiger partial charge in [-0.25, -0.2) is 0 Å². The van der Waals surface area contributed by atoms with E-state index in [1.54, 1.807) is 0 Å². The van der Waals surface area contributed by atoms with Crippen LogP contribution in [0.4, 0.5) is 0 Å². The Hall–Kier alpha value is -0.350. The molecule has 0 aromatic heterocycles. The minimum Gasteiger partial charge on any atom is -0.0649 e. The molecule has 0 N–H and O–H groups in total. The SMILES string of the molecule is CCC1C[C+]=CC1. The first-order valence-electron chi connectivity index (χ1n) is 2.98. The third-order valence-electron chi connectivity index (χ3n) is 1.58. The fraction of sp³-hybridized carbons (Fsp3) is 0.714. The molecular weight excluding hydrogens is 84.1 g/mol. The van der Waals surface area contributed by atoms with Gasteiger partial charge in [0.25, 0.3) is 0 Å². The largest absolute Gasteiger partial charge is 0.218 e. The van der Waals surface area contributed by atoms with Gasteiger partial charge in [-0.3, -0.25) is 0 Å². The molecule has 0 bridgehead atoms. The molecule has 0 heterocycles. The first-order valence-corrected chi connectivity index (χ1v) is 2.98. The second-order valence-corrected chi connectivity index (χ2v) is 2.12. The molecule has 0 amide bonds. The van der Waals surface area contributed by atoms with Crippen LogP contribution in [0, 0.1) is 12.0 Å². The number of rotatable bonds is 1. The van der Waals surface area contributed by atoms with Gasteiger partial charge in [-0.1, -0.05) is 6.92 Å². The summed E-state index contributed by atoms with van der Waals surface area (Å²) in [5.74, 6) is 0.931. The van der Waals surface area contributed by atoms with E-state index in [0.717, 1.165) is 5.92 Å². The van der Waals surface area contributed by atoms with Crippen molar-refractivity contribution in [2.45, 2.75) is 26.2 Å². The molecule has 0 saturated heterocycles. The van der Waals surface area contributed by atoms with Crippen molar-refractivity contribution < 1.29 is 0 Å². The van der Waals surface area contributed by atoms with Gasteiger partial charge < -0.3 is 0 Å². The summed E-state index contributed by atoms with van der Waals surface area (Å²) in [4.78, 5) is 0. The number of allylic oxidation sites excluding steroid dienone is 2. The number of hydrogen-bond acceptors (Lipinski definition) is 0. The van der Waals surface area contributed by atoms with Crippen molar-refractivity contribution >= 4 is 0 Å². The Bertz CT molecular complexity index is 64.1. The molecule has 38 valence electrons. The van der Waals surface area contributed by atoms with Crippen LogP contribution in [0.1, 0.15) is 26.2 Å². The van der Waals surface area contributed by atoms with E-state index in [0.29, 0.717) is 0 Å². The minimum atomic E-state index is 0.931. The van der Waals surface area contributed by atoms with Crippen molar-refractivity contribution in [2.75, 3.05) is 0 Å². The topological polar surface area (TPSA) is 0 Å². The van der Waals surface area contributed by atoms with Gasteiger partial charge in [-0.2, -0.15) is 0 Å². The van der Waals surface area contributed by atoms with E-state index < -0.39 is 0 Å². The van der Waals surface area contributed by atoms with Gasteiger partial charge in [0.15, 0.2) is 12.5 Å². The van der Waals surface area contributed by atoms with E-state index in [9.17, 15) is 0 Å². The molecule has 0 nitrogen and oxygen atoms in total. The summed E-state index contributed by atoms with van der Waals surface area (Å²) in [5, 5.41) is 0. The molecule has 7 heavy (non-hydrogen) atoms. The van der Waals surface area contributed by atoms with Gasteiger partial charge in [-0.05, 0) is 6.42 Å². The maximum atomic E-state index is 3.20. The summed E-state index contributed by atoms with van der Waals surface area (Å²) in [6.45, 7) is 2.24. The third kappa shape index (κ3) is 1.01. The average Bonchev–Trinajstić information content (AvgIpc) is 2.14. The second-order valence-electron chi connectivity index (χ2n) is 2.12. The zero-order chi connectivity index (χ0) is 5.11. The molecule has 0 heteroatoms. The summed E-state index contributed by atoms with van der Waals surface area (Å²) >= 11 is 0. The highest BCUT2D eigenvalue weighted by molar-refractivity contribution is 4.86. The summed E-state index contributed by atoms with van der Waals surface area (Å²) in [6.07, 6.45) is 9.16. The van der Waals surface area contributed by atoms with Crippen LogP contribution < -0.4 is 0 Å². The lowest BCUT2D eigenvalue weighted by Gasteiger charge is -1.93. The van der Waals surface area contributed by atoms with Crippen LogP contribution in [0.2, 0.25) is 0 Å². The lowest BCUT2D eigenvalue weighted by molar-refractivity contribution is 0.547. The van der Waals surface area contributed by atoms with Crippen LogP contribution in [0.25, 0.3) is 0 Å². The molecule has 0 spiro atoms. The molecule has 1 aliphatic rings. The summed E-state index contributed by atoms with van der Waals surface area (Å²) in [6, 6.07) is 0. The summed E-state index contributed by atoms with van der Waals surface area (Å²) < 4.78 is 0. The van der Waals surface area contributed by atoms with Crippen molar-refractivity contribution in [1.82, 2.24) is 0 Å². The highest BCUT2D eigenvalue weighted by Gasteiger charge is 2.16. The Balaban J connectivity index is 2.22. The standard InChI is InChI=1S/C7H11/c1-2-7-5-3-4-6-7/h3,7H,2,5-6H2,1H3/q+1. The molecular formula is C7H11+. The highest BCUT2D eigenvalue weighted by atomic mass is 14.1. The average molecular weight is 95.2 g/mol. The molecule has 0 aliphatic heterocycles. The smallest absolute Gasteiger partial charge is 0.0649 e. The summed E-state index contributed by atoms with van der Waals surface area (Å²) in [7, 11) is 0. The van der Waals surface area contributed by atoms with Crippen LogP contribution >= 0.6 is 0 Å². The van der Waals surface area contributed by atoms with Gasteiger partial charge >= 0.3 is 0 Å². The molecule has 1 rings (SSSR count). The van der Waals surface area contributed by atoms with Gasteiger partial charge in [0, 0.05) is 12.3 Å². The van der Waals surface area contributed by atoms with Crippen molar-refractivity contribution in [3.05, 3.63) is 12.2 Å². The van der Waals surface area contributed by atoms with Crippen LogP contribution in [0.15, 0.2) is 6.08 Å². The molecule has 0 radical (unpaired) electrons. The highest BCUT2D eigenvalue weighted by Crippen LogP contribution is 2.19. The number of hydrogen-bond donors (Lipinski definition) is 0. The minimum absolute atomic E-state index is 0.931. The fourth-order valence-corrected chi connectivity index (χ4v) is 0.894. The van der Waals surface area contributed by atoms with Crippen molar-refractivity contribution in [3.8, 4) is 0 Å². The Labute approximate surface area is 45.2 Å². The van der Waals surface area contributed by atoms with E-state index >= 15 is 0 Å². The second kappa shape index (κ2) is 2.09. The Morgan fingerprint density at radius 3 is 3.00 bits per heavy atom. The van der Waals surface area contributed by atoms with Crippen molar-refractivity contribution in [3.63, 3.8) is 0 Å². The molecule has 1 unspecified atom stereocenters. The molecule has 0 aromatic carbocycles. The third-order valence-corrected chi connectivity index (χ3v) is 1.58. The van der Waals surface area contributed by atoms with Crippen LogP contribution in [-0.2, 0) is 0 Å². The molecule has 0 fully saturated rings. The van der Waals surface area contributed by atoms with E-state index in [4.69, 9.17) is 0 Å². The maximum Gasteiger partial charge on any atom is 0.218 e. The lowest BCUT2D eigenvalue weighted by atomic mass is 10.1. The predicted octanol–water partition coefficient (Wildman–Crippen LogP) is 2.17. The lowest BCUT2D eigenvalue weighted by Crippen LogP contribution is -1.87. The van der Waals surface area contributed by atoms with Crippen LogP contribution in [0.5, 0.6) is 0 Å². The van der Waals surface area contributed by atoms with E-state index in [2.05, 4.69) is 19.1 Å². The van der Waals surface area contributed by atoms with Crippen LogP contribution in [0.3, 0.4) is 0 Å². The molecule has 1 atom stereocenters. The molecule has 0 aromatic rings. The Kier molecular flexibility index (Phi) is 1.43. The summed E-state index contributed by atoms with van der Waals surface area (Å²) in [5.41, 5.74) is 0. The first kappa shape index (κ1) is 4.80. The van der Waals surface area contributed by atoms with Crippen molar-refractivity contribution in [2.24, 2.45) is 5.92 Å². The first-order chi connectivity index (χ1) is 3.43. The maximum absolute atomic E-state index is 3.20. The molecule has 1 aliphatic carbocycles. The van der Waals surface area contributed by atoms with Gasteiger partial charge in [0.05, 0.1) is 0 Å². The monoisotopic (exact) mass is 95.1 g/mol. The van der Waals surface area contributed by atoms with Crippen molar-refractivity contribution in [1.29, 1.82) is 0 Å². The zero-order valence-corrected chi connectivity index (χ0v) is 4.78. The van der Waals surface area contributed by atoms with Gasteiger partial charge in [0.1, 0.15) is 0 Å². The van der Waals surface area contributed by atoms with Gasteiger partial charge in [0.2, 0.25) is 6.08 Å².